The summed E-state index contributed by atoms with van der Waals surface area (Å²) in [5.41, 5.74) is -0.0343. The van der Waals surface area contributed by atoms with Crippen LogP contribution in [0.2, 0.25) is 0 Å². The Morgan fingerprint density at radius 2 is 1.93 bits per heavy atom. The van der Waals surface area contributed by atoms with Crippen LogP contribution in [0.5, 0.6) is 0 Å². The van der Waals surface area contributed by atoms with Gasteiger partial charge in [-0.25, -0.2) is 0 Å². The molecule has 1 aliphatic rings. The molecule has 0 unspecified atom stereocenters. The third-order valence-electron chi connectivity index (χ3n) is 2.22. The minimum Gasteiger partial charge on any atom is -0.343 e. The highest BCUT2D eigenvalue weighted by atomic mass is 32.1. The summed E-state index contributed by atoms with van der Waals surface area (Å²) < 4.78 is 37.2. The van der Waals surface area contributed by atoms with E-state index in [2.05, 4.69) is 4.98 Å². The molecular weight excluding hydrogens is 211 g/mol. The summed E-state index contributed by atoms with van der Waals surface area (Å²) in [5, 5.41) is 0. The fraction of sp³-hybridized carbons (Fsp3) is 0.444. The van der Waals surface area contributed by atoms with E-state index < -0.39 is 11.9 Å². The molecular formula is C9H8F3NS. The molecule has 0 atom stereocenters. The van der Waals surface area contributed by atoms with Crippen molar-refractivity contribution in [3.63, 3.8) is 0 Å². The molecule has 0 amide bonds. The molecule has 2 rings (SSSR count). The first-order valence-corrected chi connectivity index (χ1v) is 4.69. The number of pyridine rings is 1. The molecule has 0 bridgehead atoms. The Balaban J connectivity index is 2.46. The van der Waals surface area contributed by atoms with E-state index in [-0.39, 0.29) is 10.6 Å². The molecule has 0 saturated heterocycles. The molecule has 1 aromatic rings. The third-order valence-corrected chi connectivity index (χ3v) is 2.44. The van der Waals surface area contributed by atoms with E-state index in [1.165, 1.54) is 0 Å². The van der Waals surface area contributed by atoms with Gasteiger partial charge in [0.05, 0.1) is 0 Å². The average Bonchev–Trinajstić information content (AvgIpc) is 2.83. The van der Waals surface area contributed by atoms with Crippen LogP contribution in [0.4, 0.5) is 13.2 Å². The van der Waals surface area contributed by atoms with Crippen LogP contribution in [0.15, 0.2) is 12.1 Å². The quantitative estimate of drug-likeness (QED) is 0.713. The first kappa shape index (κ1) is 9.71. The van der Waals surface area contributed by atoms with Gasteiger partial charge in [0, 0.05) is 0 Å². The Bertz CT molecular complexity index is 403. The smallest absolute Gasteiger partial charge is 0.343 e. The first-order valence-electron chi connectivity index (χ1n) is 4.28. The largest absolute Gasteiger partial charge is 0.431 e. The summed E-state index contributed by atoms with van der Waals surface area (Å²) in [6.45, 7) is 0. The van der Waals surface area contributed by atoms with Crippen molar-refractivity contribution in [2.24, 2.45) is 0 Å². The Hall–Kier alpha value is -0.840. The zero-order valence-electron chi connectivity index (χ0n) is 7.19. The molecule has 0 spiro atoms. The van der Waals surface area contributed by atoms with Crippen LogP contribution < -0.4 is 0 Å². The van der Waals surface area contributed by atoms with E-state index >= 15 is 0 Å². The van der Waals surface area contributed by atoms with Crippen molar-refractivity contribution in [2.75, 3.05) is 0 Å². The molecule has 0 aromatic carbocycles. The molecule has 5 heteroatoms. The van der Waals surface area contributed by atoms with Gasteiger partial charge >= 0.3 is 6.18 Å². The first-order chi connectivity index (χ1) is 6.47. The summed E-state index contributed by atoms with van der Waals surface area (Å²) in [6.07, 6.45) is -2.40. The van der Waals surface area contributed by atoms with Crippen molar-refractivity contribution in [3.8, 4) is 0 Å². The van der Waals surface area contributed by atoms with Crippen molar-refractivity contribution in [1.29, 1.82) is 0 Å². The number of aromatic nitrogens is 1. The second kappa shape index (κ2) is 3.08. The van der Waals surface area contributed by atoms with Crippen molar-refractivity contribution >= 4 is 12.2 Å². The Morgan fingerprint density at radius 3 is 2.43 bits per heavy atom. The van der Waals surface area contributed by atoms with E-state index in [0.29, 0.717) is 5.56 Å². The summed E-state index contributed by atoms with van der Waals surface area (Å²) in [5.74, 6) is 0.285. The van der Waals surface area contributed by atoms with Gasteiger partial charge < -0.3 is 4.98 Å². The molecule has 14 heavy (non-hydrogen) atoms. The van der Waals surface area contributed by atoms with Crippen molar-refractivity contribution in [3.05, 3.63) is 28.0 Å². The normalized spacial score (nSPS) is 17.1. The molecule has 1 saturated carbocycles. The van der Waals surface area contributed by atoms with Crippen LogP contribution in [0.1, 0.15) is 30.0 Å². The number of hydrogen-bond donors (Lipinski definition) is 1. The molecule has 1 aliphatic carbocycles. The van der Waals surface area contributed by atoms with Crippen molar-refractivity contribution in [1.82, 2.24) is 4.98 Å². The van der Waals surface area contributed by atoms with Gasteiger partial charge in [-0.05, 0) is 36.5 Å². The highest BCUT2D eigenvalue weighted by Crippen LogP contribution is 2.41. The lowest BCUT2D eigenvalue weighted by Gasteiger charge is -2.08. The number of halogens is 3. The maximum absolute atomic E-state index is 12.4. The number of nitrogens with one attached hydrogen (secondary N) is 1. The lowest BCUT2D eigenvalue weighted by atomic mass is 10.1. The maximum atomic E-state index is 12.4. The van der Waals surface area contributed by atoms with Crippen LogP contribution in [0.3, 0.4) is 0 Å². The van der Waals surface area contributed by atoms with Crippen LogP contribution in [0.25, 0.3) is 0 Å². The lowest BCUT2D eigenvalue weighted by molar-refractivity contribution is -0.141. The number of alkyl halides is 3. The SMILES string of the molecule is FC(F)(F)c1cc(C2CC2)cc(=S)[nH]1. The average molecular weight is 219 g/mol. The van der Waals surface area contributed by atoms with Gasteiger partial charge in [0.15, 0.2) is 0 Å². The zero-order valence-corrected chi connectivity index (χ0v) is 8.00. The van der Waals surface area contributed by atoms with Gasteiger partial charge in [-0.2, -0.15) is 13.2 Å². The highest BCUT2D eigenvalue weighted by molar-refractivity contribution is 7.71. The zero-order chi connectivity index (χ0) is 10.3. The van der Waals surface area contributed by atoms with Crippen LogP contribution in [-0.4, -0.2) is 4.98 Å². The summed E-state index contributed by atoms with van der Waals surface area (Å²) in [4.78, 5) is 2.16. The minimum absolute atomic E-state index is 0.154. The monoisotopic (exact) mass is 219 g/mol. The number of rotatable bonds is 1. The van der Waals surface area contributed by atoms with E-state index in [1.54, 1.807) is 6.07 Å². The predicted octanol–water partition coefficient (Wildman–Crippen LogP) is 3.64. The van der Waals surface area contributed by atoms with Gasteiger partial charge in [-0.15, -0.1) is 0 Å². The number of aromatic amines is 1. The summed E-state index contributed by atoms with van der Waals surface area (Å²) in [7, 11) is 0. The molecule has 0 aliphatic heterocycles. The van der Waals surface area contributed by atoms with E-state index in [9.17, 15) is 13.2 Å². The Kier molecular flexibility index (Phi) is 2.14. The predicted molar refractivity (Wildman–Crippen MR) is 48.6 cm³/mol. The standard InChI is InChI=1S/C9H8F3NS/c10-9(11,12)7-3-6(5-1-2-5)4-8(14)13-7/h3-5H,1-2H2,(H,13,14). The van der Waals surface area contributed by atoms with Crippen LogP contribution in [-0.2, 0) is 6.18 Å². The second-order valence-electron chi connectivity index (χ2n) is 3.46. The molecule has 76 valence electrons. The topological polar surface area (TPSA) is 15.8 Å². The molecule has 0 radical (unpaired) electrons. The summed E-state index contributed by atoms with van der Waals surface area (Å²) in [6, 6.07) is 2.77. The van der Waals surface area contributed by atoms with Gasteiger partial charge in [0.25, 0.3) is 0 Å². The third kappa shape index (κ3) is 1.97. The second-order valence-corrected chi connectivity index (χ2v) is 3.90. The molecule has 1 nitrogen and oxygen atoms in total. The molecule has 1 heterocycles. The Morgan fingerprint density at radius 1 is 1.29 bits per heavy atom. The fourth-order valence-corrected chi connectivity index (χ4v) is 1.62. The highest BCUT2D eigenvalue weighted by Gasteiger charge is 2.33. The minimum atomic E-state index is -4.33. The van der Waals surface area contributed by atoms with Gasteiger partial charge in [-0.1, -0.05) is 12.2 Å². The molecule has 1 fully saturated rings. The van der Waals surface area contributed by atoms with Crippen molar-refractivity contribution in [2.45, 2.75) is 24.9 Å². The van der Waals surface area contributed by atoms with Gasteiger partial charge in [0.1, 0.15) is 10.3 Å². The van der Waals surface area contributed by atoms with Crippen molar-refractivity contribution < 1.29 is 13.2 Å². The Labute approximate surface area is 84.0 Å². The maximum Gasteiger partial charge on any atom is 0.431 e. The van der Waals surface area contributed by atoms with E-state index in [4.69, 9.17) is 12.2 Å². The fourth-order valence-electron chi connectivity index (χ4n) is 1.37. The molecule has 1 N–H and O–H groups in total. The van der Waals surface area contributed by atoms with Crippen LogP contribution in [0, 0.1) is 4.64 Å². The van der Waals surface area contributed by atoms with Gasteiger partial charge in [0.2, 0.25) is 0 Å². The number of hydrogen-bond acceptors (Lipinski definition) is 1. The van der Waals surface area contributed by atoms with Crippen LogP contribution >= 0.6 is 12.2 Å². The number of H-pyrrole nitrogens is 1. The summed E-state index contributed by atoms with van der Waals surface area (Å²) >= 11 is 4.75. The lowest BCUT2D eigenvalue weighted by Crippen LogP contribution is -2.08. The van der Waals surface area contributed by atoms with Gasteiger partial charge in [-0.3, -0.25) is 0 Å². The molecule has 1 aromatic heterocycles. The van der Waals surface area contributed by atoms with E-state index in [1.807, 2.05) is 0 Å². The van der Waals surface area contributed by atoms with E-state index in [0.717, 1.165) is 18.9 Å².